The highest BCUT2D eigenvalue weighted by atomic mass is 16.5. The normalized spacial score (nSPS) is 13.2. The zero-order valence-electron chi connectivity index (χ0n) is 14.0. The summed E-state index contributed by atoms with van der Waals surface area (Å²) < 4.78 is 6.62. The van der Waals surface area contributed by atoms with E-state index >= 15 is 0 Å². The first kappa shape index (κ1) is 17.5. The Morgan fingerprint density at radius 2 is 1.96 bits per heavy atom. The third-order valence-corrected chi connectivity index (χ3v) is 4.00. The fourth-order valence-electron chi connectivity index (χ4n) is 2.11. The lowest BCUT2D eigenvalue weighted by molar-refractivity contribution is -0.143. The summed E-state index contributed by atoms with van der Waals surface area (Å²) in [5.74, 6) is -0.966. The van der Waals surface area contributed by atoms with E-state index in [1.165, 1.54) is 11.6 Å². The van der Waals surface area contributed by atoms with E-state index in [1.54, 1.807) is 45.2 Å². The number of nitrogens with one attached hydrogen (secondary N) is 1. The maximum atomic E-state index is 12.4. The van der Waals surface area contributed by atoms with Crippen LogP contribution in [0.2, 0.25) is 0 Å². The summed E-state index contributed by atoms with van der Waals surface area (Å²) in [5.41, 5.74) is -0.0301. The quantitative estimate of drug-likeness (QED) is 0.831. The number of hydrogen-bond donors (Lipinski definition) is 2. The number of benzene rings is 1. The molecule has 1 aromatic heterocycles. The van der Waals surface area contributed by atoms with Gasteiger partial charge < -0.3 is 15.2 Å². The molecule has 1 aromatic carbocycles. The van der Waals surface area contributed by atoms with E-state index in [9.17, 15) is 14.7 Å². The Bertz CT molecular complexity index is 754. The van der Waals surface area contributed by atoms with Crippen LogP contribution in [-0.2, 0) is 4.79 Å². The molecule has 1 amide bonds. The molecule has 0 bridgehead atoms. The number of nitrogens with zero attached hydrogens (tertiary/aromatic N) is 3. The van der Waals surface area contributed by atoms with Gasteiger partial charge in [0.15, 0.2) is 5.69 Å². The highest BCUT2D eigenvalue weighted by Gasteiger charge is 2.34. The van der Waals surface area contributed by atoms with Crippen molar-refractivity contribution in [1.82, 2.24) is 20.3 Å². The zero-order chi connectivity index (χ0) is 17.9. The number of hydrogen-bond acceptors (Lipinski definition) is 5. The van der Waals surface area contributed by atoms with Crippen molar-refractivity contribution in [3.8, 4) is 11.4 Å². The van der Waals surface area contributed by atoms with Crippen LogP contribution in [0, 0.1) is 6.92 Å². The van der Waals surface area contributed by atoms with Gasteiger partial charge in [-0.3, -0.25) is 4.79 Å². The molecule has 2 rings (SSSR count). The van der Waals surface area contributed by atoms with Crippen LogP contribution in [0.1, 0.15) is 36.5 Å². The highest BCUT2D eigenvalue weighted by Crippen LogP contribution is 2.17. The number of carboxylic acid groups (broad SMARTS) is 1. The minimum Gasteiger partial charge on any atom is -0.497 e. The van der Waals surface area contributed by atoms with Gasteiger partial charge in [-0.05, 0) is 44.5 Å². The van der Waals surface area contributed by atoms with E-state index in [4.69, 9.17) is 4.74 Å². The van der Waals surface area contributed by atoms with Crippen molar-refractivity contribution in [2.24, 2.45) is 0 Å². The summed E-state index contributed by atoms with van der Waals surface area (Å²) in [4.78, 5) is 23.7. The minimum atomic E-state index is -1.35. The first-order chi connectivity index (χ1) is 11.3. The van der Waals surface area contributed by atoms with Crippen LogP contribution in [-0.4, -0.2) is 44.6 Å². The van der Waals surface area contributed by atoms with Gasteiger partial charge in [0.05, 0.1) is 18.5 Å². The predicted octanol–water partition coefficient (Wildman–Crippen LogP) is 1.57. The van der Waals surface area contributed by atoms with E-state index in [-0.39, 0.29) is 12.1 Å². The molecular formula is C16H20N4O4. The SMILES string of the molecule is CCC(C)(NC(=O)c1nnn(-c2ccc(OC)cc2)c1C)C(=O)O. The second-order valence-corrected chi connectivity index (χ2v) is 5.58. The van der Waals surface area contributed by atoms with Crippen molar-refractivity contribution in [2.75, 3.05) is 7.11 Å². The maximum Gasteiger partial charge on any atom is 0.329 e. The molecule has 1 heterocycles. The van der Waals surface area contributed by atoms with Gasteiger partial charge in [-0.15, -0.1) is 5.10 Å². The molecule has 8 nitrogen and oxygen atoms in total. The van der Waals surface area contributed by atoms with Crippen LogP contribution < -0.4 is 10.1 Å². The number of carbonyl (C=O) groups is 2. The third-order valence-electron chi connectivity index (χ3n) is 4.00. The zero-order valence-corrected chi connectivity index (χ0v) is 14.0. The fraction of sp³-hybridized carbons (Fsp3) is 0.375. The van der Waals surface area contributed by atoms with E-state index in [0.717, 1.165) is 5.69 Å². The summed E-state index contributed by atoms with van der Waals surface area (Å²) in [6.45, 7) is 4.84. The topological polar surface area (TPSA) is 106 Å². The van der Waals surface area contributed by atoms with Crippen molar-refractivity contribution in [3.63, 3.8) is 0 Å². The van der Waals surface area contributed by atoms with Gasteiger partial charge in [-0.1, -0.05) is 12.1 Å². The Hall–Kier alpha value is -2.90. The second kappa shape index (κ2) is 6.69. The molecule has 128 valence electrons. The van der Waals surface area contributed by atoms with Crippen LogP contribution in [0.3, 0.4) is 0 Å². The number of amides is 1. The molecule has 0 saturated carbocycles. The Morgan fingerprint density at radius 3 is 2.46 bits per heavy atom. The van der Waals surface area contributed by atoms with Crippen molar-refractivity contribution in [2.45, 2.75) is 32.7 Å². The lowest BCUT2D eigenvalue weighted by Gasteiger charge is -2.24. The van der Waals surface area contributed by atoms with Gasteiger partial charge in [0.25, 0.3) is 5.91 Å². The Balaban J connectivity index is 2.28. The molecular weight excluding hydrogens is 312 g/mol. The Morgan fingerprint density at radius 1 is 1.33 bits per heavy atom. The largest absolute Gasteiger partial charge is 0.497 e. The van der Waals surface area contributed by atoms with Gasteiger partial charge in [-0.25, -0.2) is 9.48 Å². The van der Waals surface area contributed by atoms with E-state index in [1.807, 2.05) is 0 Å². The molecule has 0 aliphatic carbocycles. The molecule has 0 spiro atoms. The van der Waals surface area contributed by atoms with Gasteiger partial charge in [-0.2, -0.15) is 0 Å². The van der Waals surface area contributed by atoms with Crippen LogP contribution in [0.25, 0.3) is 5.69 Å². The molecule has 2 N–H and O–H groups in total. The monoisotopic (exact) mass is 332 g/mol. The maximum absolute atomic E-state index is 12.4. The number of methoxy groups -OCH3 is 1. The molecule has 0 aliphatic rings. The van der Waals surface area contributed by atoms with Crippen molar-refractivity contribution < 1.29 is 19.4 Å². The third kappa shape index (κ3) is 3.22. The van der Waals surface area contributed by atoms with Gasteiger partial charge in [0.2, 0.25) is 0 Å². The lowest BCUT2D eigenvalue weighted by Crippen LogP contribution is -2.51. The summed E-state index contributed by atoms with van der Waals surface area (Å²) in [6, 6.07) is 7.12. The van der Waals surface area contributed by atoms with Crippen molar-refractivity contribution >= 4 is 11.9 Å². The molecule has 0 aliphatic heterocycles. The van der Waals surface area contributed by atoms with Crippen LogP contribution in [0.15, 0.2) is 24.3 Å². The van der Waals surface area contributed by atoms with Crippen molar-refractivity contribution in [3.05, 3.63) is 35.7 Å². The number of aromatic nitrogens is 3. The Labute approximate surface area is 139 Å². The second-order valence-electron chi connectivity index (χ2n) is 5.58. The number of rotatable bonds is 6. The van der Waals surface area contributed by atoms with Gasteiger partial charge in [0.1, 0.15) is 11.3 Å². The van der Waals surface area contributed by atoms with Gasteiger partial charge in [0, 0.05) is 0 Å². The summed E-state index contributed by atoms with van der Waals surface area (Å²) >= 11 is 0. The molecule has 8 heteroatoms. The molecule has 1 atom stereocenters. The lowest BCUT2D eigenvalue weighted by atomic mass is 9.99. The van der Waals surface area contributed by atoms with Crippen molar-refractivity contribution in [1.29, 1.82) is 0 Å². The first-order valence-electron chi connectivity index (χ1n) is 7.45. The minimum absolute atomic E-state index is 0.0896. The predicted molar refractivity (Wildman–Crippen MR) is 86.4 cm³/mol. The molecule has 0 saturated heterocycles. The van der Waals surface area contributed by atoms with Crippen LogP contribution in [0.4, 0.5) is 0 Å². The standard InChI is InChI=1S/C16H20N4O4/c1-5-16(3,15(22)23)17-14(21)13-10(2)20(19-18-13)11-6-8-12(24-4)9-7-11/h6-9H,5H2,1-4H3,(H,17,21)(H,22,23). The smallest absolute Gasteiger partial charge is 0.329 e. The molecule has 24 heavy (non-hydrogen) atoms. The molecule has 2 aromatic rings. The number of carboxylic acids is 1. The molecule has 0 radical (unpaired) electrons. The summed E-state index contributed by atoms with van der Waals surface area (Å²) in [5, 5.41) is 19.6. The average molecular weight is 332 g/mol. The van der Waals surface area contributed by atoms with Crippen LogP contribution >= 0.6 is 0 Å². The van der Waals surface area contributed by atoms with E-state index in [2.05, 4.69) is 15.6 Å². The summed E-state index contributed by atoms with van der Waals surface area (Å²) in [6.07, 6.45) is 0.250. The van der Waals surface area contributed by atoms with Gasteiger partial charge >= 0.3 is 5.97 Å². The number of aliphatic carboxylic acids is 1. The van der Waals surface area contributed by atoms with E-state index < -0.39 is 17.4 Å². The number of ether oxygens (including phenoxy) is 1. The molecule has 0 fully saturated rings. The highest BCUT2D eigenvalue weighted by molar-refractivity contribution is 5.97. The summed E-state index contributed by atoms with van der Waals surface area (Å²) in [7, 11) is 1.57. The van der Waals surface area contributed by atoms with E-state index in [0.29, 0.717) is 11.4 Å². The first-order valence-corrected chi connectivity index (χ1v) is 7.45. The fourth-order valence-corrected chi connectivity index (χ4v) is 2.11. The van der Waals surface area contributed by atoms with Crippen LogP contribution in [0.5, 0.6) is 5.75 Å². The number of carbonyl (C=O) groups excluding carboxylic acids is 1. The Kier molecular flexibility index (Phi) is 4.87. The average Bonchev–Trinajstić information content (AvgIpc) is 2.96. The molecule has 1 unspecified atom stereocenters.